The number of hydrogen-bond acceptors (Lipinski definition) is 6. The van der Waals surface area contributed by atoms with Crippen LogP contribution in [0.4, 0.5) is 5.69 Å². The van der Waals surface area contributed by atoms with Gasteiger partial charge in [-0.05, 0) is 55.3 Å². The number of carbonyl (C=O) groups is 1. The van der Waals surface area contributed by atoms with E-state index in [4.69, 9.17) is 16.0 Å². The SMILES string of the molecule is Cc1nc2c(S(=O)(=O)Nc3ccc(C(=O)N4CCC(O)(c5ccccc5Cl)CC4)cc3)cccc2o1. The van der Waals surface area contributed by atoms with Gasteiger partial charge in [0, 0.05) is 41.9 Å². The second kappa shape index (κ2) is 9.24. The Morgan fingerprint density at radius 3 is 2.44 bits per heavy atom. The summed E-state index contributed by atoms with van der Waals surface area (Å²) in [7, 11) is -3.93. The van der Waals surface area contributed by atoms with Crippen LogP contribution in [0.15, 0.2) is 76.0 Å². The molecule has 5 rings (SSSR count). The van der Waals surface area contributed by atoms with Gasteiger partial charge in [-0.15, -0.1) is 0 Å². The van der Waals surface area contributed by atoms with Crippen molar-refractivity contribution >= 4 is 44.3 Å². The van der Waals surface area contributed by atoms with Gasteiger partial charge in [0.25, 0.3) is 15.9 Å². The number of oxazole rings is 1. The van der Waals surface area contributed by atoms with Crippen LogP contribution in [0.2, 0.25) is 5.02 Å². The predicted molar refractivity (Wildman–Crippen MR) is 136 cm³/mol. The molecular formula is C26H24ClN3O5S. The molecule has 1 saturated heterocycles. The van der Waals surface area contributed by atoms with Gasteiger partial charge in [0.15, 0.2) is 11.5 Å². The molecule has 0 bridgehead atoms. The zero-order valence-electron chi connectivity index (χ0n) is 19.4. The van der Waals surface area contributed by atoms with Gasteiger partial charge in [0.05, 0.1) is 5.60 Å². The maximum atomic E-state index is 13.0. The summed E-state index contributed by atoms with van der Waals surface area (Å²) in [5.74, 6) is 0.187. The minimum Gasteiger partial charge on any atom is -0.441 e. The molecule has 0 radical (unpaired) electrons. The number of amides is 1. The molecule has 10 heteroatoms. The van der Waals surface area contributed by atoms with Crippen LogP contribution in [0.25, 0.3) is 11.1 Å². The van der Waals surface area contributed by atoms with E-state index in [1.54, 1.807) is 54.3 Å². The highest BCUT2D eigenvalue weighted by molar-refractivity contribution is 7.93. The number of hydrogen-bond donors (Lipinski definition) is 2. The second-order valence-electron chi connectivity index (χ2n) is 8.82. The largest absolute Gasteiger partial charge is 0.441 e. The molecule has 1 amide bonds. The van der Waals surface area contributed by atoms with E-state index in [9.17, 15) is 18.3 Å². The van der Waals surface area contributed by atoms with Crippen molar-refractivity contribution in [1.29, 1.82) is 0 Å². The Labute approximate surface area is 213 Å². The van der Waals surface area contributed by atoms with Gasteiger partial charge in [0.1, 0.15) is 10.4 Å². The van der Waals surface area contributed by atoms with Crippen LogP contribution < -0.4 is 4.72 Å². The highest BCUT2D eigenvalue weighted by Crippen LogP contribution is 2.37. The zero-order chi connectivity index (χ0) is 25.5. The van der Waals surface area contributed by atoms with E-state index < -0.39 is 15.6 Å². The Hall–Kier alpha value is -3.40. The molecule has 1 aromatic heterocycles. The predicted octanol–water partition coefficient (Wildman–Crippen LogP) is 4.71. The lowest BCUT2D eigenvalue weighted by atomic mass is 9.84. The monoisotopic (exact) mass is 525 g/mol. The molecule has 1 aliphatic rings. The Morgan fingerprint density at radius 2 is 1.75 bits per heavy atom. The number of carbonyl (C=O) groups excluding carboxylic acids is 1. The molecule has 1 fully saturated rings. The first-order chi connectivity index (χ1) is 17.2. The van der Waals surface area contributed by atoms with Crippen LogP contribution in [-0.4, -0.2) is 42.4 Å². The van der Waals surface area contributed by atoms with E-state index in [1.807, 2.05) is 18.2 Å². The van der Waals surface area contributed by atoms with Crippen LogP contribution >= 0.6 is 11.6 Å². The fourth-order valence-corrected chi connectivity index (χ4v) is 6.04. The smallest absolute Gasteiger partial charge is 0.264 e. The van der Waals surface area contributed by atoms with Gasteiger partial charge in [0.2, 0.25) is 0 Å². The number of aliphatic hydroxyl groups is 1. The summed E-state index contributed by atoms with van der Waals surface area (Å²) in [4.78, 5) is 18.9. The molecular weight excluding hydrogens is 502 g/mol. The Balaban J connectivity index is 1.27. The van der Waals surface area contributed by atoms with E-state index in [2.05, 4.69) is 9.71 Å². The maximum absolute atomic E-state index is 13.0. The first-order valence-corrected chi connectivity index (χ1v) is 13.3. The van der Waals surface area contributed by atoms with E-state index in [0.29, 0.717) is 59.2 Å². The van der Waals surface area contributed by atoms with Crippen LogP contribution in [0.1, 0.15) is 34.7 Å². The summed E-state index contributed by atoms with van der Waals surface area (Å²) in [6, 6.07) is 18.2. The van der Waals surface area contributed by atoms with E-state index in [1.165, 1.54) is 6.07 Å². The van der Waals surface area contributed by atoms with Gasteiger partial charge in [-0.2, -0.15) is 0 Å². The van der Waals surface area contributed by atoms with Crippen molar-refractivity contribution in [2.24, 2.45) is 0 Å². The number of para-hydroxylation sites is 1. The third-order valence-electron chi connectivity index (χ3n) is 6.42. The Morgan fingerprint density at radius 1 is 1.06 bits per heavy atom. The highest BCUT2D eigenvalue weighted by Gasteiger charge is 2.37. The summed E-state index contributed by atoms with van der Waals surface area (Å²) in [6.45, 7) is 2.39. The highest BCUT2D eigenvalue weighted by atomic mass is 35.5. The molecule has 186 valence electrons. The molecule has 0 aliphatic carbocycles. The minimum atomic E-state index is -3.93. The Bertz CT molecular complexity index is 1540. The molecule has 4 aromatic rings. The van der Waals surface area contributed by atoms with Crippen LogP contribution in [0.3, 0.4) is 0 Å². The number of aromatic nitrogens is 1. The summed E-state index contributed by atoms with van der Waals surface area (Å²) in [5.41, 5.74) is 0.982. The number of nitrogens with zero attached hydrogens (tertiary/aromatic N) is 2. The third kappa shape index (κ3) is 4.57. The first-order valence-electron chi connectivity index (χ1n) is 11.4. The summed E-state index contributed by atoms with van der Waals surface area (Å²) < 4.78 is 33.9. The molecule has 0 spiro atoms. The molecule has 8 nitrogen and oxygen atoms in total. The molecule has 0 saturated carbocycles. The van der Waals surface area contributed by atoms with E-state index in [-0.39, 0.29) is 16.3 Å². The number of halogens is 1. The van der Waals surface area contributed by atoms with E-state index >= 15 is 0 Å². The first kappa shape index (κ1) is 24.3. The standard InChI is InChI=1S/C26H24ClN3O5S/c1-17-28-24-22(35-17)7-4-8-23(24)36(33,34)29-19-11-9-18(10-12-19)25(31)30-15-13-26(32,14-16-30)20-5-2-3-6-21(20)27/h2-12,29,32H,13-16H2,1H3. The third-order valence-corrected chi connectivity index (χ3v) is 8.16. The fraction of sp³-hybridized carbons (Fsp3) is 0.231. The topological polar surface area (TPSA) is 113 Å². The number of sulfonamides is 1. The number of benzene rings is 3. The summed E-state index contributed by atoms with van der Waals surface area (Å²) >= 11 is 6.27. The summed E-state index contributed by atoms with van der Waals surface area (Å²) in [6.07, 6.45) is 0.737. The fourth-order valence-electron chi connectivity index (χ4n) is 4.51. The lowest BCUT2D eigenvalue weighted by Crippen LogP contribution is -2.45. The number of piperidine rings is 1. The summed E-state index contributed by atoms with van der Waals surface area (Å²) in [5, 5.41) is 11.6. The number of rotatable bonds is 5. The van der Waals surface area contributed by atoms with Crippen molar-refractivity contribution in [3.05, 3.63) is 88.8 Å². The normalized spacial score (nSPS) is 15.7. The zero-order valence-corrected chi connectivity index (χ0v) is 21.0. The number of nitrogens with one attached hydrogen (secondary N) is 1. The number of aryl methyl sites for hydroxylation is 1. The lowest BCUT2D eigenvalue weighted by Gasteiger charge is -2.39. The van der Waals surface area contributed by atoms with Gasteiger partial charge in [-0.3, -0.25) is 9.52 Å². The average Bonchev–Trinajstić information content (AvgIpc) is 3.24. The molecule has 3 aromatic carbocycles. The van der Waals surface area contributed by atoms with Crippen molar-refractivity contribution in [3.8, 4) is 0 Å². The number of fused-ring (bicyclic) bond motifs is 1. The lowest BCUT2D eigenvalue weighted by molar-refractivity contribution is -0.0210. The number of likely N-dealkylation sites (tertiary alicyclic amines) is 1. The van der Waals surface area contributed by atoms with Gasteiger partial charge >= 0.3 is 0 Å². The van der Waals surface area contributed by atoms with Gasteiger partial charge in [-0.25, -0.2) is 13.4 Å². The van der Waals surface area contributed by atoms with Crippen molar-refractivity contribution in [3.63, 3.8) is 0 Å². The molecule has 0 atom stereocenters. The Kier molecular flexibility index (Phi) is 6.23. The molecule has 2 N–H and O–H groups in total. The minimum absolute atomic E-state index is 0.0105. The van der Waals surface area contributed by atoms with Crippen molar-refractivity contribution < 1.29 is 22.7 Å². The molecule has 2 heterocycles. The second-order valence-corrected chi connectivity index (χ2v) is 10.9. The van der Waals surface area contributed by atoms with Crippen molar-refractivity contribution in [2.75, 3.05) is 17.8 Å². The van der Waals surface area contributed by atoms with Crippen LogP contribution in [0.5, 0.6) is 0 Å². The molecule has 36 heavy (non-hydrogen) atoms. The van der Waals surface area contributed by atoms with Crippen molar-refractivity contribution in [1.82, 2.24) is 9.88 Å². The van der Waals surface area contributed by atoms with Gasteiger partial charge < -0.3 is 14.4 Å². The number of anilines is 1. The maximum Gasteiger partial charge on any atom is 0.264 e. The molecule has 1 aliphatic heterocycles. The van der Waals surface area contributed by atoms with Gasteiger partial charge in [-0.1, -0.05) is 35.9 Å². The van der Waals surface area contributed by atoms with Crippen molar-refractivity contribution in [2.45, 2.75) is 30.3 Å². The van der Waals surface area contributed by atoms with E-state index in [0.717, 1.165) is 0 Å². The molecule has 0 unspecified atom stereocenters. The average molecular weight is 526 g/mol. The quantitative estimate of drug-likeness (QED) is 0.390. The van der Waals surface area contributed by atoms with Crippen LogP contribution in [-0.2, 0) is 15.6 Å². The van der Waals surface area contributed by atoms with Crippen LogP contribution in [0, 0.1) is 6.92 Å².